The van der Waals surface area contributed by atoms with Crippen LogP contribution in [0.2, 0.25) is 0 Å². The Hall–Kier alpha value is -1.56. The van der Waals surface area contributed by atoms with Crippen molar-refractivity contribution < 1.29 is 4.74 Å². The van der Waals surface area contributed by atoms with Crippen LogP contribution in [-0.4, -0.2) is 22.9 Å². The molecule has 1 rings (SSSR count). The van der Waals surface area contributed by atoms with Crippen molar-refractivity contribution >= 4 is 5.69 Å². The van der Waals surface area contributed by atoms with Gasteiger partial charge < -0.3 is 10.5 Å². The number of anilines is 1. The van der Waals surface area contributed by atoms with Crippen molar-refractivity contribution in [2.75, 3.05) is 19.5 Å². The van der Waals surface area contributed by atoms with Gasteiger partial charge in [0.15, 0.2) is 0 Å². The average Bonchev–Trinajstić information content (AvgIpc) is 2.26. The Kier molecular flexibility index (Phi) is 4.30. The predicted molar refractivity (Wildman–Crippen MR) is 61.5 cm³/mol. The smallest absolute Gasteiger partial charge is 0.331 e. The monoisotopic (exact) mass is 227 g/mol. The van der Waals surface area contributed by atoms with Crippen molar-refractivity contribution in [3.05, 3.63) is 27.0 Å². The Morgan fingerprint density at radius 1 is 1.38 bits per heavy atom. The Morgan fingerprint density at radius 2 is 2.06 bits per heavy atom. The first-order valence-corrected chi connectivity index (χ1v) is 5.20. The van der Waals surface area contributed by atoms with Gasteiger partial charge in [-0.3, -0.25) is 13.9 Å². The zero-order valence-corrected chi connectivity index (χ0v) is 9.60. The fourth-order valence-corrected chi connectivity index (χ4v) is 1.46. The van der Waals surface area contributed by atoms with E-state index < -0.39 is 5.56 Å². The fraction of sp³-hybridized carbons (Fsp3) is 0.600. The number of hydrogen-bond donors (Lipinski definition) is 1. The standard InChI is InChI=1S/C10H17N3O3/c1-3-4-12-7-8(11)9(14)13(10(12)15)5-6-16-2/h7H,3-6,11H2,1-2H3. The summed E-state index contributed by atoms with van der Waals surface area (Å²) in [5.41, 5.74) is 4.86. The van der Waals surface area contributed by atoms with Crippen LogP contribution >= 0.6 is 0 Å². The zero-order valence-electron chi connectivity index (χ0n) is 9.60. The van der Waals surface area contributed by atoms with Crippen LogP contribution in [-0.2, 0) is 17.8 Å². The summed E-state index contributed by atoms with van der Waals surface area (Å²) in [6.07, 6.45) is 2.21. The molecule has 0 fully saturated rings. The second-order valence-corrected chi connectivity index (χ2v) is 3.51. The Bertz CT molecular complexity index is 461. The van der Waals surface area contributed by atoms with Crippen molar-refractivity contribution in [3.8, 4) is 0 Å². The molecular weight excluding hydrogens is 210 g/mol. The van der Waals surface area contributed by atoms with Crippen LogP contribution < -0.4 is 17.0 Å². The van der Waals surface area contributed by atoms with E-state index in [1.165, 1.54) is 17.9 Å². The highest BCUT2D eigenvalue weighted by molar-refractivity contribution is 5.30. The normalized spacial score (nSPS) is 10.6. The maximum absolute atomic E-state index is 11.9. The van der Waals surface area contributed by atoms with Crippen LogP contribution in [0, 0.1) is 0 Å². The molecule has 0 aromatic carbocycles. The minimum atomic E-state index is -0.450. The van der Waals surface area contributed by atoms with Gasteiger partial charge in [-0.1, -0.05) is 6.92 Å². The highest BCUT2D eigenvalue weighted by atomic mass is 16.5. The number of ether oxygens (including phenoxy) is 1. The molecule has 6 heteroatoms. The van der Waals surface area contributed by atoms with E-state index in [0.717, 1.165) is 11.0 Å². The Labute approximate surface area is 93.3 Å². The van der Waals surface area contributed by atoms with Gasteiger partial charge in [-0.25, -0.2) is 4.79 Å². The molecule has 0 aliphatic rings. The number of rotatable bonds is 5. The van der Waals surface area contributed by atoms with Gasteiger partial charge in [0.2, 0.25) is 0 Å². The third-order valence-corrected chi connectivity index (χ3v) is 2.25. The SMILES string of the molecule is CCCn1cc(N)c(=O)n(CCOC)c1=O. The lowest BCUT2D eigenvalue weighted by molar-refractivity contribution is 0.184. The largest absolute Gasteiger partial charge is 0.393 e. The summed E-state index contributed by atoms with van der Waals surface area (Å²) < 4.78 is 7.40. The number of nitrogens with two attached hydrogens (primary N) is 1. The molecule has 2 N–H and O–H groups in total. The maximum atomic E-state index is 11.9. The summed E-state index contributed by atoms with van der Waals surface area (Å²) in [7, 11) is 1.52. The summed E-state index contributed by atoms with van der Waals surface area (Å²) in [5.74, 6) is 0. The quantitative estimate of drug-likeness (QED) is 0.745. The van der Waals surface area contributed by atoms with Gasteiger partial charge in [0.25, 0.3) is 5.56 Å². The zero-order chi connectivity index (χ0) is 12.1. The van der Waals surface area contributed by atoms with E-state index in [1.54, 1.807) is 0 Å². The first-order valence-electron chi connectivity index (χ1n) is 5.20. The highest BCUT2D eigenvalue weighted by Gasteiger charge is 2.08. The number of methoxy groups -OCH3 is 1. The van der Waals surface area contributed by atoms with E-state index in [1.807, 2.05) is 6.92 Å². The van der Waals surface area contributed by atoms with Crippen molar-refractivity contribution in [2.45, 2.75) is 26.4 Å². The Morgan fingerprint density at radius 3 is 2.62 bits per heavy atom. The van der Waals surface area contributed by atoms with Gasteiger partial charge in [-0.15, -0.1) is 0 Å². The molecule has 0 bridgehead atoms. The van der Waals surface area contributed by atoms with Gasteiger partial charge in [0.1, 0.15) is 5.69 Å². The number of hydrogen-bond acceptors (Lipinski definition) is 4. The number of aromatic nitrogens is 2. The van der Waals surface area contributed by atoms with Crippen molar-refractivity contribution in [1.29, 1.82) is 0 Å². The van der Waals surface area contributed by atoms with Gasteiger partial charge in [0.05, 0.1) is 13.2 Å². The lowest BCUT2D eigenvalue weighted by Crippen LogP contribution is -2.41. The van der Waals surface area contributed by atoms with Crippen LogP contribution in [0.15, 0.2) is 15.8 Å². The van der Waals surface area contributed by atoms with E-state index in [4.69, 9.17) is 10.5 Å². The predicted octanol–water partition coefficient (Wildman–Crippen LogP) is -0.351. The first-order chi connectivity index (χ1) is 7.61. The highest BCUT2D eigenvalue weighted by Crippen LogP contribution is 1.91. The second kappa shape index (κ2) is 5.50. The van der Waals surface area contributed by atoms with Gasteiger partial charge in [0, 0.05) is 19.9 Å². The van der Waals surface area contributed by atoms with Gasteiger partial charge in [-0.2, -0.15) is 0 Å². The molecule has 1 aromatic rings. The summed E-state index contributed by atoms with van der Waals surface area (Å²) in [6, 6.07) is 0. The van der Waals surface area contributed by atoms with Crippen LogP contribution in [0.5, 0.6) is 0 Å². The summed E-state index contributed by atoms with van der Waals surface area (Å²) >= 11 is 0. The molecule has 0 unspecified atom stereocenters. The minimum Gasteiger partial charge on any atom is -0.393 e. The van der Waals surface area contributed by atoms with E-state index in [0.29, 0.717) is 13.2 Å². The van der Waals surface area contributed by atoms with Crippen LogP contribution in [0.1, 0.15) is 13.3 Å². The molecule has 0 aliphatic heterocycles. The van der Waals surface area contributed by atoms with Crippen LogP contribution in [0.25, 0.3) is 0 Å². The minimum absolute atomic E-state index is 0.0872. The topological polar surface area (TPSA) is 79.2 Å². The summed E-state index contributed by atoms with van der Waals surface area (Å²) in [4.78, 5) is 23.5. The molecule has 0 saturated carbocycles. The van der Waals surface area contributed by atoms with Crippen molar-refractivity contribution in [3.63, 3.8) is 0 Å². The van der Waals surface area contributed by atoms with Crippen molar-refractivity contribution in [2.24, 2.45) is 0 Å². The summed E-state index contributed by atoms with van der Waals surface area (Å²) in [5, 5.41) is 0. The van der Waals surface area contributed by atoms with E-state index in [2.05, 4.69) is 0 Å². The van der Waals surface area contributed by atoms with E-state index >= 15 is 0 Å². The van der Waals surface area contributed by atoms with Crippen LogP contribution in [0.3, 0.4) is 0 Å². The molecule has 90 valence electrons. The molecule has 0 radical (unpaired) electrons. The molecule has 0 amide bonds. The third kappa shape index (κ3) is 2.52. The lowest BCUT2D eigenvalue weighted by Gasteiger charge is -2.10. The molecule has 1 aromatic heterocycles. The molecule has 0 aliphatic carbocycles. The third-order valence-electron chi connectivity index (χ3n) is 2.25. The average molecular weight is 227 g/mol. The van der Waals surface area contributed by atoms with Crippen LogP contribution in [0.4, 0.5) is 5.69 Å². The van der Waals surface area contributed by atoms with E-state index in [9.17, 15) is 9.59 Å². The second-order valence-electron chi connectivity index (χ2n) is 3.51. The van der Waals surface area contributed by atoms with E-state index in [-0.39, 0.29) is 17.9 Å². The molecule has 16 heavy (non-hydrogen) atoms. The first kappa shape index (κ1) is 12.5. The fourth-order valence-electron chi connectivity index (χ4n) is 1.46. The molecule has 0 atom stereocenters. The molecule has 0 spiro atoms. The number of aryl methyl sites for hydroxylation is 1. The summed E-state index contributed by atoms with van der Waals surface area (Å²) in [6.45, 7) is 3.04. The molecule has 1 heterocycles. The van der Waals surface area contributed by atoms with Gasteiger partial charge >= 0.3 is 5.69 Å². The Balaban J connectivity index is 3.23. The number of nitrogen functional groups attached to an aromatic ring is 1. The lowest BCUT2D eigenvalue weighted by atomic mass is 10.4. The molecular formula is C10H17N3O3. The maximum Gasteiger partial charge on any atom is 0.331 e. The van der Waals surface area contributed by atoms with Crippen molar-refractivity contribution in [1.82, 2.24) is 9.13 Å². The number of nitrogens with zero attached hydrogens (tertiary/aromatic N) is 2. The molecule has 6 nitrogen and oxygen atoms in total. The molecule has 0 saturated heterocycles. The van der Waals surface area contributed by atoms with Gasteiger partial charge in [-0.05, 0) is 6.42 Å².